The van der Waals surface area contributed by atoms with Crippen LogP contribution in [0.15, 0.2) is 35.6 Å². The molecule has 2 aromatic rings. The highest BCUT2D eigenvalue weighted by molar-refractivity contribution is 7.17. The van der Waals surface area contributed by atoms with E-state index in [-0.39, 0.29) is 12.4 Å². The van der Waals surface area contributed by atoms with Crippen LogP contribution in [0.3, 0.4) is 0 Å². The first-order valence-corrected chi connectivity index (χ1v) is 10.2. The number of nitrogens with one attached hydrogen (secondary N) is 1. The van der Waals surface area contributed by atoms with Crippen molar-refractivity contribution in [3.8, 4) is 0 Å². The van der Waals surface area contributed by atoms with Crippen LogP contribution < -0.4 is 21.0 Å². The SMILES string of the molecule is N/C(=N\NCC(=O)O)c1cnc(N2CC3CN(c4ccccc4Cl)CC3C2)s1. The number of thiazole rings is 1. The first-order valence-electron chi connectivity index (χ1n) is 8.99. The predicted octanol–water partition coefficient (Wildman–Crippen LogP) is 1.66. The van der Waals surface area contributed by atoms with Crippen molar-refractivity contribution in [1.29, 1.82) is 0 Å². The van der Waals surface area contributed by atoms with Gasteiger partial charge in [0.15, 0.2) is 11.0 Å². The van der Waals surface area contributed by atoms with Crippen molar-refractivity contribution in [2.24, 2.45) is 22.7 Å². The number of halogens is 1. The summed E-state index contributed by atoms with van der Waals surface area (Å²) in [6.45, 7) is 3.61. The van der Waals surface area contributed by atoms with E-state index in [0.29, 0.717) is 11.8 Å². The molecule has 28 heavy (non-hydrogen) atoms. The van der Waals surface area contributed by atoms with Crippen LogP contribution in [0, 0.1) is 11.8 Å². The average Bonchev–Trinajstić information content (AvgIpc) is 3.36. The number of amidine groups is 1. The molecule has 2 aliphatic heterocycles. The summed E-state index contributed by atoms with van der Waals surface area (Å²) in [7, 11) is 0. The highest BCUT2D eigenvalue weighted by Crippen LogP contribution is 2.38. The molecule has 2 unspecified atom stereocenters. The molecule has 4 N–H and O–H groups in total. The van der Waals surface area contributed by atoms with Crippen LogP contribution in [-0.2, 0) is 4.79 Å². The van der Waals surface area contributed by atoms with Crippen LogP contribution >= 0.6 is 22.9 Å². The van der Waals surface area contributed by atoms with Gasteiger partial charge in [0.1, 0.15) is 6.54 Å². The molecule has 0 amide bonds. The lowest BCUT2D eigenvalue weighted by atomic mass is 10.0. The number of benzene rings is 1. The number of para-hydroxylation sites is 1. The van der Waals surface area contributed by atoms with Crippen molar-refractivity contribution < 1.29 is 9.90 Å². The van der Waals surface area contributed by atoms with Gasteiger partial charge in [-0.25, -0.2) is 4.98 Å². The van der Waals surface area contributed by atoms with E-state index >= 15 is 0 Å². The molecule has 0 bridgehead atoms. The van der Waals surface area contributed by atoms with Gasteiger partial charge in [-0.1, -0.05) is 35.1 Å². The van der Waals surface area contributed by atoms with E-state index in [9.17, 15) is 4.79 Å². The van der Waals surface area contributed by atoms with Gasteiger partial charge in [0.25, 0.3) is 0 Å². The van der Waals surface area contributed by atoms with Crippen LogP contribution in [0.5, 0.6) is 0 Å². The summed E-state index contributed by atoms with van der Waals surface area (Å²) in [4.78, 5) is 20.4. The Balaban J connectivity index is 1.37. The van der Waals surface area contributed by atoms with E-state index in [4.69, 9.17) is 22.4 Å². The number of aromatic nitrogens is 1. The van der Waals surface area contributed by atoms with E-state index < -0.39 is 5.97 Å². The largest absolute Gasteiger partial charge is 0.480 e. The Morgan fingerprint density at radius 2 is 1.96 bits per heavy atom. The molecule has 2 saturated heterocycles. The molecule has 2 aliphatic rings. The Labute approximate surface area is 171 Å². The Hall–Kier alpha value is -2.52. The van der Waals surface area contributed by atoms with E-state index in [1.165, 1.54) is 11.3 Å². The summed E-state index contributed by atoms with van der Waals surface area (Å²) < 4.78 is 0. The standard InChI is InChI=1S/C18H21ClN6O2S/c19-13-3-1-2-4-14(13)24-7-11-9-25(10-12(11)8-24)18-21-5-15(28-18)17(20)23-22-6-16(26)27/h1-5,11-12,22H,6-10H2,(H2,20,23)(H,26,27). The van der Waals surface area contributed by atoms with Crippen molar-refractivity contribution in [3.63, 3.8) is 0 Å². The number of carbonyl (C=O) groups is 1. The highest BCUT2D eigenvalue weighted by Gasteiger charge is 2.41. The van der Waals surface area contributed by atoms with Crippen molar-refractivity contribution in [1.82, 2.24) is 10.4 Å². The molecule has 1 aromatic carbocycles. The Morgan fingerprint density at radius 1 is 1.29 bits per heavy atom. The molecule has 4 rings (SSSR count). The van der Waals surface area contributed by atoms with Crippen LogP contribution in [0.2, 0.25) is 5.02 Å². The minimum Gasteiger partial charge on any atom is -0.480 e. The summed E-state index contributed by atoms with van der Waals surface area (Å²) in [6, 6.07) is 7.99. The monoisotopic (exact) mass is 420 g/mol. The fourth-order valence-electron chi connectivity index (χ4n) is 3.83. The minimum atomic E-state index is -0.990. The summed E-state index contributed by atoms with van der Waals surface area (Å²) in [5.41, 5.74) is 9.45. The van der Waals surface area contributed by atoms with Crippen molar-refractivity contribution in [3.05, 3.63) is 40.4 Å². The summed E-state index contributed by atoms with van der Waals surface area (Å²) in [5.74, 6) is 0.406. The molecule has 2 fully saturated rings. The quantitative estimate of drug-likeness (QED) is 0.370. The predicted molar refractivity (Wildman–Crippen MR) is 111 cm³/mol. The van der Waals surface area contributed by atoms with Crippen LogP contribution in [0.4, 0.5) is 10.8 Å². The molecule has 8 nitrogen and oxygen atoms in total. The molecule has 0 spiro atoms. The molecule has 3 heterocycles. The van der Waals surface area contributed by atoms with E-state index in [0.717, 1.165) is 46.9 Å². The Kier molecular flexibility index (Phi) is 5.27. The number of hydrogen-bond acceptors (Lipinski definition) is 7. The molecule has 148 valence electrons. The third-order valence-electron chi connectivity index (χ3n) is 5.13. The number of carboxylic acids is 1. The second-order valence-corrected chi connectivity index (χ2v) is 8.43. The van der Waals surface area contributed by atoms with E-state index in [1.807, 2.05) is 18.2 Å². The molecular formula is C18H21ClN6O2S. The van der Waals surface area contributed by atoms with Crippen LogP contribution in [0.1, 0.15) is 4.88 Å². The first kappa shape index (κ1) is 18.8. The summed E-state index contributed by atoms with van der Waals surface area (Å²) >= 11 is 7.82. The second kappa shape index (κ2) is 7.84. The molecule has 10 heteroatoms. The van der Waals surface area contributed by atoms with E-state index in [1.54, 1.807) is 6.20 Å². The fraction of sp³-hybridized carbons (Fsp3) is 0.389. The normalized spacial score (nSPS) is 21.8. The van der Waals surface area contributed by atoms with Crippen LogP contribution in [-0.4, -0.2) is 54.6 Å². The number of anilines is 2. The fourth-order valence-corrected chi connectivity index (χ4v) is 4.92. The maximum absolute atomic E-state index is 10.5. The summed E-state index contributed by atoms with van der Waals surface area (Å²) in [6.07, 6.45) is 1.69. The zero-order valence-electron chi connectivity index (χ0n) is 15.1. The highest BCUT2D eigenvalue weighted by atomic mass is 35.5. The molecular weight excluding hydrogens is 400 g/mol. The number of nitrogens with zero attached hydrogens (tertiary/aromatic N) is 4. The van der Waals surface area contributed by atoms with Crippen molar-refractivity contribution in [2.75, 3.05) is 42.5 Å². The Bertz CT molecular complexity index is 890. The van der Waals surface area contributed by atoms with Gasteiger partial charge in [-0.15, -0.1) is 0 Å². The minimum absolute atomic E-state index is 0.245. The topological polar surface area (TPSA) is 107 Å². The van der Waals surface area contributed by atoms with Crippen molar-refractivity contribution >= 4 is 45.6 Å². The average molecular weight is 421 g/mol. The Morgan fingerprint density at radius 3 is 2.64 bits per heavy atom. The molecule has 1 aromatic heterocycles. The number of hydrogen-bond donors (Lipinski definition) is 3. The molecule has 0 aliphatic carbocycles. The second-order valence-electron chi connectivity index (χ2n) is 7.01. The summed E-state index contributed by atoms with van der Waals surface area (Å²) in [5, 5.41) is 14.2. The number of aliphatic carboxylic acids is 1. The van der Waals surface area contributed by atoms with Crippen molar-refractivity contribution in [2.45, 2.75) is 0 Å². The van der Waals surface area contributed by atoms with Gasteiger partial charge >= 0.3 is 5.97 Å². The molecule has 0 radical (unpaired) electrons. The lowest BCUT2D eigenvalue weighted by Gasteiger charge is -2.23. The van der Waals surface area contributed by atoms with Gasteiger partial charge < -0.3 is 20.6 Å². The molecule has 0 saturated carbocycles. The number of hydrazone groups is 1. The van der Waals surface area contributed by atoms with Crippen LogP contribution in [0.25, 0.3) is 0 Å². The van der Waals surface area contributed by atoms with Gasteiger partial charge in [-0.05, 0) is 12.1 Å². The lowest BCUT2D eigenvalue weighted by Crippen LogP contribution is -2.28. The van der Waals surface area contributed by atoms with Gasteiger partial charge in [0.05, 0.1) is 21.8 Å². The molecule has 2 atom stereocenters. The number of carboxylic acid groups (broad SMARTS) is 1. The van der Waals surface area contributed by atoms with Gasteiger partial charge in [-0.3, -0.25) is 10.2 Å². The van der Waals surface area contributed by atoms with Gasteiger partial charge in [-0.2, -0.15) is 5.10 Å². The maximum atomic E-state index is 10.5. The van der Waals surface area contributed by atoms with Gasteiger partial charge in [0.2, 0.25) is 0 Å². The van der Waals surface area contributed by atoms with Gasteiger partial charge in [0, 0.05) is 38.0 Å². The zero-order chi connectivity index (χ0) is 19.7. The maximum Gasteiger partial charge on any atom is 0.324 e. The third kappa shape index (κ3) is 3.85. The number of rotatable bonds is 6. The third-order valence-corrected chi connectivity index (χ3v) is 6.53. The smallest absolute Gasteiger partial charge is 0.324 e. The number of fused-ring (bicyclic) bond motifs is 1. The first-order chi connectivity index (χ1) is 13.5. The lowest BCUT2D eigenvalue weighted by molar-refractivity contribution is -0.135. The zero-order valence-corrected chi connectivity index (χ0v) is 16.7. The van der Waals surface area contributed by atoms with E-state index in [2.05, 4.69) is 31.4 Å². The number of nitrogens with two attached hydrogens (primary N) is 1.